The first-order valence-corrected chi connectivity index (χ1v) is 7.23. The maximum atomic E-state index is 4.52. The molecule has 0 saturated heterocycles. The van der Waals surface area contributed by atoms with Gasteiger partial charge in [-0.3, -0.25) is 0 Å². The first kappa shape index (κ1) is 12.0. The highest BCUT2D eigenvalue weighted by molar-refractivity contribution is 9.10. The molecule has 0 aliphatic carbocycles. The lowest BCUT2D eigenvalue weighted by molar-refractivity contribution is 0.454. The fourth-order valence-corrected chi connectivity index (χ4v) is 3.64. The molecule has 3 rings (SSSR count). The maximum Gasteiger partial charge on any atom is 0.127 e. The van der Waals surface area contributed by atoms with Crippen LogP contribution in [0.4, 0.5) is 0 Å². The van der Waals surface area contributed by atoms with Crippen molar-refractivity contribution in [3.63, 3.8) is 0 Å². The third-order valence-corrected chi connectivity index (χ3v) is 4.61. The van der Waals surface area contributed by atoms with Gasteiger partial charge in [0, 0.05) is 12.5 Å². The molecule has 0 amide bonds. The van der Waals surface area contributed by atoms with E-state index in [1.807, 2.05) is 0 Å². The lowest BCUT2D eigenvalue weighted by Gasteiger charge is -2.26. The number of benzene rings is 1. The number of fused-ring (bicyclic) bond motifs is 1. The summed E-state index contributed by atoms with van der Waals surface area (Å²) in [5.41, 5.74) is 4.26. The Kier molecular flexibility index (Phi) is 3.02. The Labute approximate surface area is 116 Å². The van der Waals surface area contributed by atoms with E-state index < -0.39 is 0 Å². The van der Waals surface area contributed by atoms with Gasteiger partial charge in [-0.2, -0.15) is 0 Å². The highest BCUT2D eigenvalue weighted by atomic mass is 79.9. The van der Waals surface area contributed by atoms with Crippen molar-refractivity contribution in [1.29, 1.82) is 0 Å². The summed E-state index contributed by atoms with van der Waals surface area (Å²) in [6, 6.07) is 8.74. The second-order valence-corrected chi connectivity index (χ2v) is 5.85. The van der Waals surface area contributed by atoms with Gasteiger partial charge in [0.1, 0.15) is 10.4 Å². The van der Waals surface area contributed by atoms with E-state index in [1.165, 1.54) is 23.2 Å². The van der Waals surface area contributed by atoms with E-state index in [0.717, 1.165) is 23.4 Å². The van der Waals surface area contributed by atoms with E-state index >= 15 is 0 Å². The quantitative estimate of drug-likeness (QED) is 0.779. The Balaban J connectivity index is 1.96. The third kappa shape index (κ3) is 1.91. The zero-order valence-corrected chi connectivity index (χ0v) is 12.4. The van der Waals surface area contributed by atoms with Crippen molar-refractivity contribution in [3.8, 4) is 0 Å². The van der Waals surface area contributed by atoms with Crippen molar-refractivity contribution in [2.24, 2.45) is 0 Å². The SMILES string of the molecule is Cc1ccccc1C1CCc2c(Br)nc(C)n2C1. The van der Waals surface area contributed by atoms with Crippen LogP contribution in [0.5, 0.6) is 0 Å². The molecule has 1 aliphatic heterocycles. The Bertz CT molecular complexity index is 586. The number of aryl methyl sites for hydroxylation is 2. The standard InChI is InChI=1S/C15H17BrN2/c1-10-5-3-4-6-13(10)12-7-8-14-15(16)17-11(2)18(14)9-12/h3-6,12H,7-9H2,1-2H3. The molecule has 0 spiro atoms. The van der Waals surface area contributed by atoms with Gasteiger partial charge < -0.3 is 4.57 Å². The molecule has 94 valence electrons. The first-order chi connectivity index (χ1) is 8.66. The van der Waals surface area contributed by atoms with Crippen LogP contribution in [0, 0.1) is 13.8 Å². The molecule has 0 fully saturated rings. The van der Waals surface area contributed by atoms with Crippen LogP contribution in [0.1, 0.15) is 35.0 Å². The molecule has 3 heteroatoms. The molecule has 2 heterocycles. The zero-order chi connectivity index (χ0) is 12.7. The van der Waals surface area contributed by atoms with Crippen molar-refractivity contribution in [3.05, 3.63) is 51.5 Å². The van der Waals surface area contributed by atoms with Crippen molar-refractivity contribution in [2.75, 3.05) is 0 Å². The van der Waals surface area contributed by atoms with E-state index in [-0.39, 0.29) is 0 Å². The van der Waals surface area contributed by atoms with Crippen LogP contribution in [0.2, 0.25) is 0 Å². The molecule has 0 N–H and O–H groups in total. The minimum absolute atomic E-state index is 0.624. The fraction of sp³-hybridized carbons (Fsp3) is 0.400. The summed E-state index contributed by atoms with van der Waals surface area (Å²) in [6.45, 7) is 5.36. The van der Waals surface area contributed by atoms with Gasteiger partial charge in [0.2, 0.25) is 0 Å². The number of hydrogen-bond donors (Lipinski definition) is 0. The molecule has 1 atom stereocenters. The van der Waals surface area contributed by atoms with E-state index in [4.69, 9.17) is 0 Å². The second kappa shape index (κ2) is 4.54. The van der Waals surface area contributed by atoms with Gasteiger partial charge in [-0.25, -0.2) is 4.98 Å². The van der Waals surface area contributed by atoms with E-state index in [1.54, 1.807) is 0 Å². The van der Waals surface area contributed by atoms with E-state index in [9.17, 15) is 0 Å². The van der Waals surface area contributed by atoms with Crippen molar-refractivity contribution in [1.82, 2.24) is 9.55 Å². The summed E-state index contributed by atoms with van der Waals surface area (Å²) < 4.78 is 3.40. The summed E-state index contributed by atoms with van der Waals surface area (Å²) >= 11 is 3.56. The summed E-state index contributed by atoms with van der Waals surface area (Å²) in [4.78, 5) is 4.52. The monoisotopic (exact) mass is 304 g/mol. The van der Waals surface area contributed by atoms with Crippen LogP contribution in [0.25, 0.3) is 0 Å². The summed E-state index contributed by atoms with van der Waals surface area (Å²) in [6.07, 6.45) is 2.33. The average molecular weight is 305 g/mol. The number of nitrogens with zero attached hydrogens (tertiary/aromatic N) is 2. The molecule has 2 aromatic rings. The Hall–Kier alpha value is -1.09. The maximum absolute atomic E-state index is 4.52. The molecule has 1 aliphatic rings. The van der Waals surface area contributed by atoms with Crippen LogP contribution in [-0.2, 0) is 13.0 Å². The summed E-state index contributed by atoms with van der Waals surface area (Å²) in [7, 11) is 0. The van der Waals surface area contributed by atoms with Crippen molar-refractivity contribution >= 4 is 15.9 Å². The van der Waals surface area contributed by atoms with Gasteiger partial charge in [0.25, 0.3) is 0 Å². The number of hydrogen-bond acceptors (Lipinski definition) is 1. The molecule has 18 heavy (non-hydrogen) atoms. The summed E-state index contributed by atoms with van der Waals surface area (Å²) in [5, 5.41) is 0. The van der Waals surface area contributed by atoms with Crippen LogP contribution >= 0.6 is 15.9 Å². The topological polar surface area (TPSA) is 17.8 Å². The van der Waals surface area contributed by atoms with Crippen LogP contribution < -0.4 is 0 Å². The Morgan fingerprint density at radius 1 is 1.28 bits per heavy atom. The largest absolute Gasteiger partial charge is 0.331 e. The minimum Gasteiger partial charge on any atom is -0.331 e. The van der Waals surface area contributed by atoms with Crippen LogP contribution in [0.15, 0.2) is 28.9 Å². The normalized spacial score (nSPS) is 18.7. The van der Waals surface area contributed by atoms with Gasteiger partial charge in [0.05, 0.1) is 5.69 Å². The molecular weight excluding hydrogens is 288 g/mol. The molecule has 0 saturated carbocycles. The Morgan fingerprint density at radius 3 is 2.83 bits per heavy atom. The van der Waals surface area contributed by atoms with Crippen LogP contribution in [0.3, 0.4) is 0 Å². The van der Waals surface area contributed by atoms with Gasteiger partial charge in [0.15, 0.2) is 0 Å². The van der Waals surface area contributed by atoms with E-state index in [2.05, 4.69) is 63.6 Å². The molecule has 0 bridgehead atoms. The molecule has 2 nitrogen and oxygen atoms in total. The molecule has 1 unspecified atom stereocenters. The number of rotatable bonds is 1. The van der Waals surface area contributed by atoms with Crippen molar-refractivity contribution < 1.29 is 0 Å². The Morgan fingerprint density at radius 2 is 2.06 bits per heavy atom. The zero-order valence-electron chi connectivity index (χ0n) is 10.8. The lowest BCUT2D eigenvalue weighted by Crippen LogP contribution is -2.20. The van der Waals surface area contributed by atoms with Gasteiger partial charge in [-0.15, -0.1) is 0 Å². The predicted octanol–water partition coefficient (Wildman–Crippen LogP) is 3.99. The van der Waals surface area contributed by atoms with Gasteiger partial charge in [-0.1, -0.05) is 24.3 Å². The fourth-order valence-electron chi connectivity index (χ4n) is 2.98. The molecule has 1 aromatic carbocycles. The van der Waals surface area contributed by atoms with Gasteiger partial charge in [-0.05, 0) is 53.7 Å². The highest BCUT2D eigenvalue weighted by Gasteiger charge is 2.24. The summed E-state index contributed by atoms with van der Waals surface area (Å²) in [5.74, 6) is 1.74. The van der Waals surface area contributed by atoms with Crippen LogP contribution in [-0.4, -0.2) is 9.55 Å². The van der Waals surface area contributed by atoms with Crippen molar-refractivity contribution in [2.45, 2.75) is 39.2 Å². The molecule has 0 radical (unpaired) electrons. The average Bonchev–Trinajstić information content (AvgIpc) is 2.65. The third-order valence-electron chi connectivity index (χ3n) is 3.98. The number of halogens is 1. The van der Waals surface area contributed by atoms with E-state index in [0.29, 0.717) is 5.92 Å². The number of aromatic nitrogens is 2. The second-order valence-electron chi connectivity index (χ2n) is 5.10. The molecule has 1 aromatic heterocycles. The lowest BCUT2D eigenvalue weighted by atomic mass is 9.88. The van der Waals surface area contributed by atoms with Gasteiger partial charge >= 0.3 is 0 Å². The smallest absolute Gasteiger partial charge is 0.127 e. The number of imidazole rings is 1. The predicted molar refractivity (Wildman–Crippen MR) is 76.9 cm³/mol. The first-order valence-electron chi connectivity index (χ1n) is 6.44. The highest BCUT2D eigenvalue weighted by Crippen LogP contribution is 2.33. The minimum atomic E-state index is 0.624. The molecular formula is C15H17BrN2.